The van der Waals surface area contributed by atoms with Gasteiger partial charge in [-0.2, -0.15) is 0 Å². The van der Waals surface area contributed by atoms with Crippen molar-refractivity contribution in [2.45, 2.75) is 45.1 Å². The van der Waals surface area contributed by atoms with E-state index in [1.807, 2.05) is 60.7 Å². The van der Waals surface area contributed by atoms with Crippen molar-refractivity contribution < 1.29 is 9.47 Å². The molecule has 0 fully saturated rings. The van der Waals surface area contributed by atoms with Crippen molar-refractivity contribution >= 4 is 5.69 Å². The van der Waals surface area contributed by atoms with Gasteiger partial charge in [0.25, 0.3) is 0 Å². The molecule has 0 amide bonds. The van der Waals surface area contributed by atoms with Crippen LogP contribution in [0.1, 0.15) is 39.2 Å². The molecular weight excluding hydrogens is 396 g/mol. The van der Waals surface area contributed by atoms with Crippen LogP contribution in [0, 0.1) is 0 Å². The Bertz CT molecular complexity index is 997. The standard InChI is InChI=1S/C28H34N2O2/c1-4-23(29)8-6-20-31-25-9-5-7-21(10-15-25)28(2,3)22-11-16-26(17-12-22)32-27-18-13-24(30)14-19-27/h5-6,8-19,23H,4,7,20,29-30H2,1-3H3/b8-6-/t23-/m1/s1. The lowest BCUT2D eigenvalue weighted by Gasteiger charge is -2.28. The SMILES string of the molecule is CC[C@@H](N)/C=C\COC1=CC=C(C(C)(C)c2ccc(Oc3ccc(N)cc3)cc2)CC=C1. The summed E-state index contributed by atoms with van der Waals surface area (Å²) in [5, 5.41) is 0. The van der Waals surface area contributed by atoms with Crippen LogP contribution in [0.25, 0.3) is 0 Å². The van der Waals surface area contributed by atoms with Crippen LogP contribution in [0.2, 0.25) is 0 Å². The fourth-order valence-corrected chi connectivity index (χ4v) is 3.48. The predicted octanol–water partition coefficient (Wildman–Crippen LogP) is 6.42. The Morgan fingerprint density at radius 3 is 2.31 bits per heavy atom. The van der Waals surface area contributed by atoms with Gasteiger partial charge in [-0.05, 0) is 73.0 Å². The topological polar surface area (TPSA) is 70.5 Å². The Kier molecular flexibility index (Phi) is 7.96. The van der Waals surface area contributed by atoms with Crippen molar-refractivity contribution in [3.8, 4) is 11.5 Å². The van der Waals surface area contributed by atoms with Gasteiger partial charge >= 0.3 is 0 Å². The highest BCUT2D eigenvalue weighted by Crippen LogP contribution is 2.36. The van der Waals surface area contributed by atoms with Gasteiger partial charge in [0.1, 0.15) is 23.9 Å². The van der Waals surface area contributed by atoms with Gasteiger partial charge in [0.2, 0.25) is 0 Å². The maximum atomic E-state index is 5.93. The van der Waals surface area contributed by atoms with E-state index in [9.17, 15) is 0 Å². The minimum absolute atomic E-state index is 0.0906. The van der Waals surface area contributed by atoms with Crippen LogP contribution in [0.5, 0.6) is 11.5 Å². The van der Waals surface area contributed by atoms with Gasteiger partial charge in [-0.15, -0.1) is 0 Å². The van der Waals surface area contributed by atoms with Gasteiger partial charge < -0.3 is 20.9 Å². The Balaban J connectivity index is 1.66. The summed E-state index contributed by atoms with van der Waals surface area (Å²) in [7, 11) is 0. The van der Waals surface area contributed by atoms with Crippen molar-refractivity contribution in [2.24, 2.45) is 5.73 Å². The molecule has 0 saturated heterocycles. The number of rotatable bonds is 9. The number of hydrogen-bond donors (Lipinski definition) is 2. The molecule has 0 saturated carbocycles. The molecular formula is C28H34N2O2. The molecule has 2 aromatic carbocycles. The van der Waals surface area contributed by atoms with E-state index in [2.05, 4.69) is 45.1 Å². The molecule has 32 heavy (non-hydrogen) atoms. The second-order valence-corrected chi connectivity index (χ2v) is 8.50. The van der Waals surface area contributed by atoms with Crippen molar-refractivity contribution in [3.05, 3.63) is 102 Å². The van der Waals surface area contributed by atoms with Crippen LogP contribution in [0.3, 0.4) is 0 Å². The highest BCUT2D eigenvalue weighted by atomic mass is 16.5. The van der Waals surface area contributed by atoms with E-state index >= 15 is 0 Å². The van der Waals surface area contributed by atoms with E-state index in [0.29, 0.717) is 6.61 Å². The van der Waals surface area contributed by atoms with E-state index in [0.717, 1.165) is 35.8 Å². The maximum Gasteiger partial charge on any atom is 0.127 e. The highest BCUT2D eigenvalue weighted by Gasteiger charge is 2.25. The van der Waals surface area contributed by atoms with Gasteiger partial charge in [0, 0.05) is 17.1 Å². The molecule has 2 aromatic rings. The average molecular weight is 431 g/mol. The van der Waals surface area contributed by atoms with Gasteiger partial charge in [0.05, 0.1) is 0 Å². The number of benzene rings is 2. The summed E-state index contributed by atoms with van der Waals surface area (Å²) < 4.78 is 11.8. The molecule has 1 atom stereocenters. The molecule has 1 aliphatic rings. The normalized spacial score (nSPS) is 15.1. The second kappa shape index (κ2) is 10.9. The molecule has 168 valence electrons. The van der Waals surface area contributed by atoms with Crippen LogP contribution in [-0.4, -0.2) is 12.6 Å². The lowest BCUT2D eigenvalue weighted by molar-refractivity contribution is 0.261. The molecule has 0 bridgehead atoms. The second-order valence-electron chi connectivity index (χ2n) is 8.50. The average Bonchev–Trinajstić information content (AvgIpc) is 3.05. The van der Waals surface area contributed by atoms with E-state index in [4.69, 9.17) is 20.9 Å². The first-order valence-electron chi connectivity index (χ1n) is 11.2. The van der Waals surface area contributed by atoms with Gasteiger partial charge in [-0.25, -0.2) is 0 Å². The minimum Gasteiger partial charge on any atom is -0.490 e. The maximum absolute atomic E-state index is 5.93. The fraction of sp³-hybridized carbons (Fsp3) is 0.286. The molecule has 4 N–H and O–H groups in total. The van der Waals surface area contributed by atoms with Crippen molar-refractivity contribution in [1.29, 1.82) is 0 Å². The largest absolute Gasteiger partial charge is 0.490 e. The van der Waals surface area contributed by atoms with Gasteiger partial charge in [-0.3, -0.25) is 0 Å². The van der Waals surface area contributed by atoms with Crippen LogP contribution >= 0.6 is 0 Å². The monoisotopic (exact) mass is 430 g/mol. The Morgan fingerprint density at radius 2 is 1.66 bits per heavy atom. The minimum atomic E-state index is -0.121. The summed E-state index contributed by atoms with van der Waals surface area (Å²) in [4.78, 5) is 0. The zero-order valence-electron chi connectivity index (χ0n) is 19.3. The molecule has 4 nitrogen and oxygen atoms in total. The van der Waals surface area contributed by atoms with Gasteiger partial charge in [-0.1, -0.05) is 56.7 Å². The first-order chi connectivity index (χ1) is 15.4. The van der Waals surface area contributed by atoms with Crippen LogP contribution in [0.4, 0.5) is 5.69 Å². The third-order valence-corrected chi connectivity index (χ3v) is 5.76. The lowest BCUT2D eigenvalue weighted by Crippen LogP contribution is -2.20. The van der Waals surface area contributed by atoms with Crippen molar-refractivity contribution in [2.75, 3.05) is 12.3 Å². The first-order valence-corrected chi connectivity index (χ1v) is 11.2. The summed E-state index contributed by atoms with van der Waals surface area (Å²) in [6.07, 6.45) is 14.2. The van der Waals surface area contributed by atoms with E-state index in [1.165, 1.54) is 11.1 Å². The third-order valence-electron chi connectivity index (χ3n) is 5.76. The van der Waals surface area contributed by atoms with Crippen molar-refractivity contribution in [3.63, 3.8) is 0 Å². The Labute approximate surface area is 191 Å². The summed E-state index contributed by atoms with van der Waals surface area (Å²) >= 11 is 0. The zero-order valence-corrected chi connectivity index (χ0v) is 19.3. The summed E-state index contributed by atoms with van der Waals surface area (Å²) in [5.41, 5.74) is 14.8. The third kappa shape index (κ3) is 6.38. The Hall–Kier alpha value is -3.24. The summed E-state index contributed by atoms with van der Waals surface area (Å²) in [6, 6.07) is 15.8. The number of nitrogen functional groups attached to an aromatic ring is 1. The molecule has 0 aromatic heterocycles. The van der Waals surface area contributed by atoms with E-state index in [1.54, 1.807) is 0 Å². The molecule has 0 unspecified atom stereocenters. The lowest BCUT2D eigenvalue weighted by atomic mass is 9.76. The van der Waals surface area contributed by atoms with Crippen molar-refractivity contribution in [1.82, 2.24) is 0 Å². The summed E-state index contributed by atoms with van der Waals surface area (Å²) in [5.74, 6) is 2.43. The number of anilines is 1. The Morgan fingerprint density at radius 1 is 1.00 bits per heavy atom. The quantitative estimate of drug-likeness (QED) is 0.356. The summed E-state index contributed by atoms with van der Waals surface area (Å²) in [6.45, 7) is 7.08. The molecule has 3 rings (SSSR count). The molecule has 0 radical (unpaired) electrons. The number of allylic oxidation sites excluding steroid dienone is 5. The molecule has 1 aliphatic carbocycles. The molecule has 0 aliphatic heterocycles. The van der Waals surface area contributed by atoms with Crippen LogP contribution in [-0.2, 0) is 10.2 Å². The van der Waals surface area contributed by atoms with E-state index < -0.39 is 0 Å². The first kappa shape index (κ1) is 23.4. The molecule has 0 heterocycles. The molecule has 0 spiro atoms. The van der Waals surface area contributed by atoms with Crippen LogP contribution in [0.15, 0.2) is 96.3 Å². The predicted molar refractivity (Wildman–Crippen MR) is 134 cm³/mol. The van der Waals surface area contributed by atoms with Gasteiger partial charge in [0.15, 0.2) is 0 Å². The number of hydrogen-bond acceptors (Lipinski definition) is 4. The zero-order chi connectivity index (χ0) is 23.0. The molecule has 4 heteroatoms. The van der Waals surface area contributed by atoms with Crippen LogP contribution < -0.4 is 16.2 Å². The van der Waals surface area contributed by atoms with E-state index in [-0.39, 0.29) is 11.5 Å². The smallest absolute Gasteiger partial charge is 0.127 e. The number of ether oxygens (including phenoxy) is 2. The fourth-order valence-electron chi connectivity index (χ4n) is 3.48. The highest BCUT2D eigenvalue weighted by molar-refractivity contribution is 5.45. The number of nitrogens with two attached hydrogens (primary N) is 2.